The van der Waals surface area contributed by atoms with Crippen molar-refractivity contribution < 1.29 is 8.81 Å². The van der Waals surface area contributed by atoms with Crippen molar-refractivity contribution in [1.82, 2.24) is 10.2 Å². The van der Waals surface area contributed by atoms with Crippen molar-refractivity contribution in [2.45, 2.75) is 25.8 Å². The van der Waals surface area contributed by atoms with Gasteiger partial charge < -0.3 is 10.2 Å². The van der Waals surface area contributed by atoms with E-state index in [9.17, 15) is 4.39 Å². The fraction of sp³-hybridized carbons (Fsp3) is 0.333. The molecule has 0 atom stereocenters. The fourth-order valence-electron chi connectivity index (χ4n) is 1.42. The molecule has 2 N–H and O–H groups in total. The highest BCUT2D eigenvalue weighted by Gasteiger charge is 2.17. The first-order valence-corrected chi connectivity index (χ1v) is 5.31. The van der Waals surface area contributed by atoms with E-state index in [0.717, 1.165) is 0 Å². The van der Waals surface area contributed by atoms with Crippen LogP contribution in [-0.4, -0.2) is 15.7 Å². The minimum atomic E-state index is -0.396. The third kappa shape index (κ3) is 3.78. The summed E-state index contributed by atoms with van der Waals surface area (Å²) in [5, 5.41) is 7.82. The van der Waals surface area contributed by atoms with Crippen LogP contribution in [0.25, 0.3) is 11.5 Å². The summed E-state index contributed by atoms with van der Waals surface area (Å²) < 4.78 is 18.2. The average Bonchev–Trinajstić information content (AvgIpc) is 2.64. The number of nitrogens with zero attached hydrogens (tertiary/aromatic N) is 2. The van der Waals surface area contributed by atoms with E-state index in [1.165, 1.54) is 12.1 Å². The number of rotatable bonds is 3. The predicted octanol–water partition coefficient (Wildman–Crippen LogP) is 2.58. The van der Waals surface area contributed by atoms with Crippen molar-refractivity contribution in [1.29, 1.82) is 0 Å². The average molecular weight is 272 g/mol. The van der Waals surface area contributed by atoms with Gasteiger partial charge in [-0.15, -0.1) is 22.6 Å². The summed E-state index contributed by atoms with van der Waals surface area (Å²) in [4.78, 5) is 0. The van der Waals surface area contributed by atoms with E-state index in [1.54, 1.807) is 12.1 Å². The lowest BCUT2D eigenvalue weighted by atomic mass is 10.0. The number of benzene rings is 1. The van der Waals surface area contributed by atoms with E-state index in [2.05, 4.69) is 10.2 Å². The second kappa shape index (κ2) is 5.46. The highest BCUT2D eigenvalue weighted by Crippen LogP contribution is 2.19. The minimum Gasteiger partial charge on any atom is -0.421 e. The highest BCUT2D eigenvalue weighted by atomic mass is 35.5. The molecule has 98 valence electrons. The minimum absolute atomic E-state index is 0. The van der Waals surface area contributed by atoms with Gasteiger partial charge in [-0.3, -0.25) is 0 Å². The Bertz CT molecular complexity index is 505. The number of halogens is 2. The molecule has 1 aromatic carbocycles. The number of hydrogen-bond donors (Lipinski definition) is 1. The summed E-state index contributed by atoms with van der Waals surface area (Å²) in [6.45, 7) is 3.77. The molecule has 0 aliphatic heterocycles. The summed E-state index contributed by atoms with van der Waals surface area (Å²) in [6, 6.07) is 5.90. The molecule has 0 spiro atoms. The van der Waals surface area contributed by atoms with Crippen LogP contribution in [0.15, 0.2) is 28.7 Å². The van der Waals surface area contributed by atoms with Crippen molar-refractivity contribution in [3.63, 3.8) is 0 Å². The van der Waals surface area contributed by atoms with E-state index in [4.69, 9.17) is 10.2 Å². The third-order valence-electron chi connectivity index (χ3n) is 2.16. The van der Waals surface area contributed by atoms with Crippen molar-refractivity contribution in [2.75, 3.05) is 0 Å². The van der Waals surface area contributed by atoms with Crippen molar-refractivity contribution in [3.05, 3.63) is 36.0 Å². The Hall–Kier alpha value is -1.46. The number of hydrogen-bond acceptors (Lipinski definition) is 4. The Balaban J connectivity index is 0.00000162. The maximum absolute atomic E-state index is 12.7. The van der Waals surface area contributed by atoms with Crippen LogP contribution in [0.4, 0.5) is 4.39 Å². The molecule has 0 aliphatic carbocycles. The molecule has 0 unspecified atom stereocenters. The topological polar surface area (TPSA) is 64.9 Å². The molecule has 0 aliphatic rings. The Morgan fingerprint density at radius 2 is 1.83 bits per heavy atom. The van der Waals surface area contributed by atoms with Crippen LogP contribution >= 0.6 is 12.4 Å². The third-order valence-corrected chi connectivity index (χ3v) is 2.16. The normalized spacial score (nSPS) is 11.1. The van der Waals surface area contributed by atoms with Gasteiger partial charge in [0.25, 0.3) is 0 Å². The van der Waals surface area contributed by atoms with E-state index in [-0.39, 0.29) is 18.2 Å². The number of nitrogens with two attached hydrogens (primary N) is 1. The maximum atomic E-state index is 12.7. The SMILES string of the molecule is CC(C)(N)Cc1nnc(-c2ccc(F)cc2)o1.Cl. The molecule has 1 aromatic heterocycles. The Labute approximate surface area is 111 Å². The van der Waals surface area contributed by atoms with E-state index < -0.39 is 5.54 Å². The van der Waals surface area contributed by atoms with Crippen LogP contribution < -0.4 is 5.73 Å². The molecule has 1 heterocycles. The first kappa shape index (κ1) is 14.6. The summed E-state index contributed by atoms with van der Waals surface area (Å²) >= 11 is 0. The number of aromatic nitrogens is 2. The van der Waals surface area contributed by atoms with Gasteiger partial charge in [-0.1, -0.05) is 0 Å². The van der Waals surface area contributed by atoms with Crippen LogP contribution in [0.5, 0.6) is 0 Å². The molecule has 0 bridgehead atoms. The summed E-state index contributed by atoms with van der Waals surface area (Å²) in [7, 11) is 0. The molecular formula is C12H15ClFN3O. The Morgan fingerprint density at radius 3 is 2.39 bits per heavy atom. The maximum Gasteiger partial charge on any atom is 0.247 e. The largest absolute Gasteiger partial charge is 0.421 e. The molecule has 0 saturated heterocycles. The van der Waals surface area contributed by atoms with Crippen LogP contribution in [0.1, 0.15) is 19.7 Å². The van der Waals surface area contributed by atoms with Gasteiger partial charge in [0.2, 0.25) is 11.8 Å². The summed E-state index contributed by atoms with van der Waals surface area (Å²) in [5.41, 5.74) is 6.16. The molecule has 2 aromatic rings. The van der Waals surface area contributed by atoms with Gasteiger partial charge in [0, 0.05) is 17.5 Å². The standard InChI is InChI=1S/C12H14FN3O.ClH/c1-12(2,14)7-10-15-16-11(17-10)8-3-5-9(13)6-4-8;/h3-6H,7,14H2,1-2H3;1H. The Kier molecular flexibility index (Phi) is 4.43. The summed E-state index contributed by atoms with van der Waals surface area (Å²) in [6.07, 6.45) is 0.501. The second-order valence-corrected chi connectivity index (χ2v) is 4.67. The molecular weight excluding hydrogens is 257 g/mol. The molecule has 0 fully saturated rings. The van der Waals surface area contributed by atoms with Crippen LogP contribution in [-0.2, 0) is 6.42 Å². The van der Waals surface area contributed by atoms with Crippen molar-refractivity contribution >= 4 is 12.4 Å². The lowest BCUT2D eigenvalue weighted by molar-refractivity contribution is 0.424. The van der Waals surface area contributed by atoms with Gasteiger partial charge in [-0.05, 0) is 38.1 Å². The predicted molar refractivity (Wildman–Crippen MR) is 68.9 cm³/mol. The molecule has 0 radical (unpaired) electrons. The second-order valence-electron chi connectivity index (χ2n) is 4.67. The highest BCUT2D eigenvalue weighted by molar-refractivity contribution is 5.85. The molecule has 6 heteroatoms. The van der Waals surface area contributed by atoms with Crippen LogP contribution in [0, 0.1) is 5.82 Å². The van der Waals surface area contributed by atoms with Gasteiger partial charge in [0.05, 0.1) is 0 Å². The zero-order valence-corrected chi connectivity index (χ0v) is 11.0. The van der Waals surface area contributed by atoms with Gasteiger partial charge >= 0.3 is 0 Å². The monoisotopic (exact) mass is 271 g/mol. The smallest absolute Gasteiger partial charge is 0.247 e. The van der Waals surface area contributed by atoms with Crippen molar-refractivity contribution in [2.24, 2.45) is 5.73 Å². The summed E-state index contributed by atoms with van der Waals surface area (Å²) in [5.74, 6) is 0.567. The van der Waals surface area contributed by atoms with E-state index in [0.29, 0.717) is 23.8 Å². The van der Waals surface area contributed by atoms with Crippen molar-refractivity contribution in [3.8, 4) is 11.5 Å². The molecule has 0 saturated carbocycles. The fourth-order valence-corrected chi connectivity index (χ4v) is 1.42. The Morgan fingerprint density at radius 1 is 1.22 bits per heavy atom. The zero-order valence-electron chi connectivity index (χ0n) is 10.2. The molecule has 18 heavy (non-hydrogen) atoms. The zero-order chi connectivity index (χ0) is 12.5. The van der Waals surface area contributed by atoms with Gasteiger partial charge in [0.15, 0.2) is 0 Å². The quantitative estimate of drug-likeness (QED) is 0.932. The first-order valence-electron chi connectivity index (χ1n) is 5.31. The van der Waals surface area contributed by atoms with Gasteiger partial charge in [0.1, 0.15) is 5.82 Å². The lowest BCUT2D eigenvalue weighted by Crippen LogP contribution is -2.34. The van der Waals surface area contributed by atoms with E-state index in [1.807, 2.05) is 13.8 Å². The van der Waals surface area contributed by atoms with Crippen LogP contribution in [0.2, 0.25) is 0 Å². The molecule has 2 rings (SSSR count). The lowest BCUT2D eigenvalue weighted by Gasteiger charge is -2.14. The van der Waals surface area contributed by atoms with Gasteiger partial charge in [-0.25, -0.2) is 4.39 Å². The molecule has 0 amide bonds. The van der Waals surface area contributed by atoms with E-state index >= 15 is 0 Å². The van der Waals surface area contributed by atoms with Gasteiger partial charge in [-0.2, -0.15) is 0 Å². The first-order chi connectivity index (χ1) is 7.94. The van der Waals surface area contributed by atoms with Crippen LogP contribution in [0.3, 0.4) is 0 Å². The molecule has 4 nitrogen and oxygen atoms in total.